The molecule has 1 fully saturated rings. The summed E-state index contributed by atoms with van der Waals surface area (Å²) in [5, 5.41) is 15.6. The van der Waals surface area contributed by atoms with Crippen molar-refractivity contribution < 1.29 is 14.3 Å². The van der Waals surface area contributed by atoms with Crippen LogP contribution in [0.3, 0.4) is 0 Å². The van der Waals surface area contributed by atoms with Crippen LogP contribution in [0, 0.1) is 33.6 Å². The van der Waals surface area contributed by atoms with Crippen molar-refractivity contribution in [1.82, 2.24) is 20.0 Å². The van der Waals surface area contributed by atoms with Crippen molar-refractivity contribution in [3.05, 3.63) is 83.2 Å². The summed E-state index contributed by atoms with van der Waals surface area (Å²) in [6.45, 7) is 8.29. The minimum absolute atomic E-state index is 0.0443. The molecule has 37 heavy (non-hydrogen) atoms. The van der Waals surface area contributed by atoms with Gasteiger partial charge in [0.2, 0.25) is 17.7 Å². The molecular formula is C28H28N6O3. The Hall–Kier alpha value is -4.53. The fourth-order valence-corrected chi connectivity index (χ4v) is 4.34. The summed E-state index contributed by atoms with van der Waals surface area (Å²) in [6, 6.07) is 18.4. The molecule has 188 valence electrons. The molecule has 9 heteroatoms. The maximum absolute atomic E-state index is 12.9. The number of hydrogen-bond acceptors (Lipinski definition) is 6. The van der Waals surface area contributed by atoms with Gasteiger partial charge in [0, 0.05) is 36.1 Å². The first-order chi connectivity index (χ1) is 17.8. The fraction of sp³-hybridized carbons (Fsp3) is 0.250. The molecule has 4 aromatic rings. The van der Waals surface area contributed by atoms with E-state index in [-0.39, 0.29) is 18.2 Å². The number of aromatic nitrogens is 4. The van der Waals surface area contributed by atoms with Gasteiger partial charge in [-0.3, -0.25) is 9.59 Å². The number of anilines is 2. The van der Waals surface area contributed by atoms with Crippen LogP contribution in [0.4, 0.5) is 11.4 Å². The minimum atomic E-state index is -0.416. The Morgan fingerprint density at radius 2 is 1.73 bits per heavy atom. The van der Waals surface area contributed by atoms with E-state index in [1.54, 1.807) is 46.0 Å². The lowest BCUT2D eigenvalue weighted by molar-refractivity contribution is -0.122. The maximum Gasteiger partial charge on any atom is 0.238 e. The van der Waals surface area contributed by atoms with Crippen LogP contribution in [0.15, 0.2) is 60.7 Å². The monoisotopic (exact) mass is 496 g/mol. The number of ether oxygens (including phenoxy) is 1. The summed E-state index contributed by atoms with van der Waals surface area (Å²) in [5.41, 5.74) is 5.62. The zero-order valence-electron chi connectivity index (χ0n) is 21.2. The van der Waals surface area contributed by atoms with E-state index in [9.17, 15) is 9.59 Å². The predicted molar refractivity (Wildman–Crippen MR) is 140 cm³/mol. The number of carbonyl (C=O) groups is 2. The quantitative estimate of drug-likeness (QED) is 0.416. The molecule has 1 unspecified atom stereocenters. The molecule has 0 bridgehead atoms. The Morgan fingerprint density at radius 3 is 2.38 bits per heavy atom. The molecule has 0 radical (unpaired) electrons. The van der Waals surface area contributed by atoms with Gasteiger partial charge >= 0.3 is 0 Å². The van der Waals surface area contributed by atoms with Crippen LogP contribution < -0.4 is 15.0 Å². The number of nitrogens with one attached hydrogen (secondary N) is 1. The maximum atomic E-state index is 12.9. The molecule has 1 aliphatic heterocycles. The third-order valence-corrected chi connectivity index (χ3v) is 6.49. The first-order valence-corrected chi connectivity index (χ1v) is 12.1. The lowest BCUT2D eigenvalue weighted by Crippen LogP contribution is -2.28. The Labute approximate surface area is 215 Å². The van der Waals surface area contributed by atoms with Gasteiger partial charge in [0.05, 0.1) is 11.6 Å². The molecule has 0 spiro atoms. The van der Waals surface area contributed by atoms with Crippen LogP contribution in [0.1, 0.15) is 28.9 Å². The van der Waals surface area contributed by atoms with Crippen LogP contribution >= 0.6 is 0 Å². The molecule has 2 aromatic heterocycles. The van der Waals surface area contributed by atoms with Crippen molar-refractivity contribution in [1.29, 1.82) is 0 Å². The third kappa shape index (κ3) is 5.20. The Bertz CT molecular complexity index is 1460. The Kier molecular flexibility index (Phi) is 6.43. The zero-order chi connectivity index (χ0) is 26.1. The van der Waals surface area contributed by atoms with E-state index in [2.05, 4.69) is 20.6 Å². The molecule has 3 heterocycles. The van der Waals surface area contributed by atoms with E-state index in [1.807, 2.05) is 52.0 Å². The second-order valence-corrected chi connectivity index (χ2v) is 9.36. The highest BCUT2D eigenvalue weighted by molar-refractivity contribution is 6.03. The van der Waals surface area contributed by atoms with Gasteiger partial charge in [0.25, 0.3) is 0 Å². The van der Waals surface area contributed by atoms with Gasteiger partial charge in [-0.2, -0.15) is 5.10 Å². The number of hydrogen-bond donors (Lipinski definition) is 1. The van der Waals surface area contributed by atoms with Crippen molar-refractivity contribution in [3.63, 3.8) is 0 Å². The standard InChI is InChI=1S/C28H28N6O3/c1-17-5-8-23(13-18(17)2)33-16-21(15-27(33)35)28(36)29-22-6-9-24(10-7-22)37-26-12-11-25(30-31-26)34-20(4)14-19(3)32-34/h5-14,21H,15-16H2,1-4H3,(H,29,36). The topological polar surface area (TPSA) is 102 Å². The second kappa shape index (κ2) is 9.85. The zero-order valence-corrected chi connectivity index (χ0v) is 21.2. The fourth-order valence-electron chi connectivity index (χ4n) is 4.34. The average molecular weight is 497 g/mol. The van der Waals surface area contributed by atoms with Crippen molar-refractivity contribution in [2.45, 2.75) is 34.1 Å². The molecule has 1 aliphatic rings. The molecule has 0 saturated carbocycles. The van der Waals surface area contributed by atoms with Crippen molar-refractivity contribution in [2.24, 2.45) is 5.92 Å². The van der Waals surface area contributed by atoms with Crippen LogP contribution in [0.5, 0.6) is 11.6 Å². The van der Waals surface area contributed by atoms with Gasteiger partial charge in [-0.05, 0) is 87.4 Å². The van der Waals surface area contributed by atoms with E-state index in [0.29, 0.717) is 29.7 Å². The SMILES string of the molecule is Cc1cc(C)n(-c2ccc(Oc3ccc(NC(=O)C4CC(=O)N(c5ccc(C)c(C)c5)C4)cc3)nn2)n1. The van der Waals surface area contributed by atoms with Gasteiger partial charge in [-0.25, -0.2) is 4.68 Å². The predicted octanol–water partition coefficient (Wildman–Crippen LogP) is 4.68. The van der Waals surface area contributed by atoms with E-state index < -0.39 is 5.92 Å². The van der Waals surface area contributed by atoms with Crippen molar-refractivity contribution in [2.75, 3.05) is 16.8 Å². The minimum Gasteiger partial charge on any atom is -0.438 e. The lowest BCUT2D eigenvalue weighted by Gasteiger charge is -2.18. The summed E-state index contributed by atoms with van der Waals surface area (Å²) in [7, 11) is 0. The van der Waals surface area contributed by atoms with E-state index >= 15 is 0 Å². The van der Waals surface area contributed by atoms with Gasteiger partial charge in [-0.1, -0.05) is 6.07 Å². The number of nitrogens with zero attached hydrogens (tertiary/aromatic N) is 5. The summed E-state index contributed by atoms with van der Waals surface area (Å²) >= 11 is 0. The van der Waals surface area contributed by atoms with Gasteiger partial charge in [-0.15, -0.1) is 10.2 Å². The first-order valence-electron chi connectivity index (χ1n) is 12.1. The van der Waals surface area contributed by atoms with Crippen LogP contribution in [0.25, 0.3) is 5.82 Å². The molecule has 5 rings (SSSR count). The highest BCUT2D eigenvalue weighted by atomic mass is 16.5. The average Bonchev–Trinajstić information content (AvgIpc) is 3.43. The molecule has 9 nitrogen and oxygen atoms in total. The largest absolute Gasteiger partial charge is 0.438 e. The first kappa shape index (κ1) is 24.2. The van der Waals surface area contributed by atoms with Crippen molar-refractivity contribution >= 4 is 23.2 Å². The summed E-state index contributed by atoms with van der Waals surface area (Å²) < 4.78 is 7.52. The molecule has 2 amide bonds. The number of carbonyl (C=O) groups excluding carboxylic acids is 2. The van der Waals surface area contributed by atoms with Crippen LogP contribution in [-0.4, -0.2) is 38.3 Å². The Balaban J connectivity index is 1.18. The van der Waals surface area contributed by atoms with Gasteiger partial charge < -0.3 is 15.0 Å². The number of benzene rings is 2. The van der Waals surface area contributed by atoms with E-state index in [4.69, 9.17) is 4.74 Å². The van der Waals surface area contributed by atoms with E-state index in [0.717, 1.165) is 22.6 Å². The summed E-state index contributed by atoms with van der Waals surface area (Å²) in [5.74, 6) is 0.871. The van der Waals surface area contributed by atoms with Gasteiger partial charge in [0.1, 0.15) is 5.75 Å². The van der Waals surface area contributed by atoms with E-state index in [1.165, 1.54) is 5.56 Å². The third-order valence-electron chi connectivity index (χ3n) is 6.49. The highest BCUT2D eigenvalue weighted by Gasteiger charge is 2.35. The smallest absolute Gasteiger partial charge is 0.238 e. The number of amides is 2. The van der Waals surface area contributed by atoms with Gasteiger partial charge in [0.15, 0.2) is 5.82 Å². The normalized spacial score (nSPS) is 15.2. The number of rotatable bonds is 6. The highest BCUT2D eigenvalue weighted by Crippen LogP contribution is 2.28. The van der Waals surface area contributed by atoms with Crippen molar-refractivity contribution in [3.8, 4) is 17.4 Å². The lowest BCUT2D eigenvalue weighted by atomic mass is 10.1. The Morgan fingerprint density at radius 1 is 0.946 bits per heavy atom. The second-order valence-electron chi connectivity index (χ2n) is 9.36. The van der Waals surface area contributed by atoms with Crippen LogP contribution in [0.2, 0.25) is 0 Å². The van der Waals surface area contributed by atoms with Crippen LogP contribution in [-0.2, 0) is 9.59 Å². The molecule has 0 aliphatic carbocycles. The summed E-state index contributed by atoms with van der Waals surface area (Å²) in [6.07, 6.45) is 0.187. The molecular weight excluding hydrogens is 468 g/mol. The molecule has 1 N–H and O–H groups in total. The molecule has 1 atom stereocenters. The summed E-state index contributed by atoms with van der Waals surface area (Å²) in [4.78, 5) is 27.1. The number of aryl methyl sites for hydroxylation is 4. The molecule has 1 saturated heterocycles. The molecule has 2 aromatic carbocycles.